The Morgan fingerprint density at radius 2 is 1.93 bits per heavy atom. The summed E-state index contributed by atoms with van der Waals surface area (Å²) in [5.41, 5.74) is 0. The molecule has 0 spiro atoms. The quantitative estimate of drug-likeness (QED) is 0.541. The van der Waals surface area contributed by atoms with E-state index in [2.05, 4.69) is 24.2 Å². The molecule has 0 saturated heterocycles. The summed E-state index contributed by atoms with van der Waals surface area (Å²) in [4.78, 5) is 2.40. The van der Waals surface area contributed by atoms with Crippen LogP contribution in [0.1, 0.15) is 26.2 Å². The smallest absolute Gasteiger partial charge is 0.0587 e. The van der Waals surface area contributed by atoms with Crippen LogP contribution in [0.5, 0.6) is 0 Å². The minimum Gasteiger partial charge on any atom is -0.383 e. The van der Waals surface area contributed by atoms with Crippen LogP contribution in [0.2, 0.25) is 0 Å². The molecule has 3 nitrogen and oxygen atoms in total. The maximum atomic E-state index is 4.95. The topological polar surface area (TPSA) is 24.5 Å². The van der Waals surface area contributed by atoms with Crippen molar-refractivity contribution < 1.29 is 4.74 Å². The maximum absolute atomic E-state index is 4.95. The van der Waals surface area contributed by atoms with Crippen LogP contribution in [0, 0.1) is 0 Å². The highest BCUT2D eigenvalue weighted by Gasteiger charge is 1.95. The fourth-order valence-electron chi connectivity index (χ4n) is 1.42. The molecule has 0 aromatic heterocycles. The van der Waals surface area contributed by atoms with Crippen molar-refractivity contribution in [2.45, 2.75) is 26.2 Å². The Labute approximate surface area is 88.8 Å². The summed E-state index contributed by atoms with van der Waals surface area (Å²) in [5.74, 6) is 0. The van der Waals surface area contributed by atoms with Gasteiger partial charge in [-0.15, -0.1) is 0 Å². The predicted molar refractivity (Wildman–Crippen MR) is 61.8 cm³/mol. The molecule has 0 unspecified atom stereocenters. The Balaban J connectivity index is 2.98. The van der Waals surface area contributed by atoms with Gasteiger partial charge < -0.3 is 15.0 Å². The molecular formula is C11H26N2O. The van der Waals surface area contributed by atoms with Gasteiger partial charge in [0.2, 0.25) is 0 Å². The number of unbranched alkanes of at least 4 members (excludes halogenated alkanes) is 1. The SMILES string of the molecule is CCCN(C)CCCCNCCOC. The molecule has 0 aliphatic heterocycles. The van der Waals surface area contributed by atoms with Crippen LogP contribution in [0.3, 0.4) is 0 Å². The zero-order valence-corrected chi connectivity index (χ0v) is 10.0. The fraction of sp³-hybridized carbons (Fsp3) is 1.00. The van der Waals surface area contributed by atoms with E-state index in [0.717, 1.165) is 19.7 Å². The molecule has 0 amide bonds. The number of nitrogens with one attached hydrogen (secondary N) is 1. The lowest BCUT2D eigenvalue weighted by Gasteiger charge is -2.14. The standard InChI is InChI=1S/C11H26N2O/c1-4-9-13(2)10-6-5-7-12-8-11-14-3/h12H,4-11H2,1-3H3. The molecule has 0 aliphatic carbocycles. The summed E-state index contributed by atoms with van der Waals surface area (Å²) >= 11 is 0. The van der Waals surface area contributed by atoms with Gasteiger partial charge in [-0.25, -0.2) is 0 Å². The van der Waals surface area contributed by atoms with Gasteiger partial charge in [-0.1, -0.05) is 6.92 Å². The van der Waals surface area contributed by atoms with Crippen LogP contribution in [0.25, 0.3) is 0 Å². The molecule has 0 fully saturated rings. The van der Waals surface area contributed by atoms with Crippen LogP contribution in [0.4, 0.5) is 0 Å². The highest BCUT2D eigenvalue weighted by Crippen LogP contribution is 1.92. The average molecular weight is 202 g/mol. The van der Waals surface area contributed by atoms with Crippen molar-refractivity contribution in [2.24, 2.45) is 0 Å². The lowest BCUT2D eigenvalue weighted by Crippen LogP contribution is -2.23. The second-order valence-electron chi connectivity index (χ2n) is 3.75. The number of hydrogen-bond donors (Lipinski definition) is 1. The van der Waals surface area contributed by atoms with Crippen LogP contribution in [-0.2, 0) is 4.74 Å². The summed E-state index contributed by atoms with van der Waals surface area (Å²) in [7, 11) is 3.93. The number of methoxy groups -OCH3 is 1. The number of hydrogen-bond acceptors (Lipinski definition) is 3. The Hall–Kier alpha value is -0.120. The Morgan fingerprint density at radius 1 is 1.14 bits per heavy atom. The fourth-order valence-corrected chi connectivity index (χ4v) is 1.42. The third-order valence-electron chi connectivity index (χ3n) is 2.23. The van der Waals surface area contributed by atoms with Crippen molar-refractivity contribution in [1.29, 1.82) is 0 Å². The zero-order valence-electron chi connectivity index (χ0n) is 10.0. The summed E-state index contributed by atoms with van der Waals surface area (Å²) in [6, 6.07) is 0. The molecule has 0 atom stereocenters. The van der Waals surface area contributed by atoms with Gasteiger partial charge in [0.1, 0.15) is 0 Å². The molecule has 3 heteroatoms. The molecular weight excluding hydrogens is 176 g/mol. The highest BCUT2D eigenvalue weighted by atomic mass is 16.5. The maximum Gasteiger partial charge on any atom is 0.0587 e. The number of nitrogens with zero attached hydrogens (tertiary/aromatic N) is 1. The van der Waals surface area contributed by atoms with E-state index in [0.29, 0.717) is 0 Å². The zero-order chi connectivity index (χ0) is 10.6. The molecule has 14 heavy (non-hydrogen) atoms. The van der Waals surface area contributed by atoms with Gasteiger partial charge in [0.25, 0.3) is 0 Å². The average Bonchev–Trinajstić information content (AvgIpc) is 2.17. The monoisotopic (exact) mass is 202 g/mol. The van der Waals surface area contributed by atoms with Gasteiger partial charge in [0.15, 0.2) is 0 Å². The lowest BCUT2D eigenvalue weighted by atomic mass is 10.3. The largest absolute Gasteiger partial charge is 0.383 e. The highest BCUT2D eigenvalue weighted by molar-refractivity contribution is 4.53. The minimum atomic E-state index is 0.815. The summed E-state index contributed by atoms with van der Waals surface area (Å²) < 4.78 is 4.95. The molecule has 0 saturated carbocycles. The van der Waals surface area contributed by atoms with Gasteiger partial charge in [0, 0.05) is 13.7 Å². The van der Waals surface area contributed by atoms with E-state index >= 15 is 0 Å². The van der Waals surface area contributed by atoms with Crippen molar-refractivity contribution in [2.75, 3.05) is 46.9 Å². The predicted octanol–water partition coefficient (Wildman–Crippen LogP) is 1.34. The van der Waals surface area contributed by atoms with Crippen LogP contribution in [0.15, 0.2) is 0 Å². The Bertz CT molecular complexity index is 109. The second-order valence-corrected chi connectivity index (χ2v) is 3.75. The number of ether oxygens (including phenoxy) is 1. The van der Waals surface area contributed by atoms with Gasteiger partial charge in [-0.3, -0.25) is 0 Å². The van der Waals surface area contributed by atoms with E-state index in [1.54, 1.807) is 7.11 Å². The van der Waals surface area contributed by atoms with Crippen molar-refractivity contribution in [1.82, 2.24) is 10.2 Å². The van der Waals surface area contributed by atoms with Gasteiger partial charge in [-0.05, 0) is 45.9 Å². The second kappa shape index (κ2) is 11.0. The molecule has 0 aliphatic rings. The van der Waals surface area contributed by atoms with E-state index in [1.807, 2.05) is 0 Å². The summed E-state index contributed by atoms with van der Waals surface area (Å²) in [6.45, 7) is 7.57. The Morgan fingerprint density at radius 3 is 2.57 bits per heavy atom. The van der Waals surface area contributed by atoms with Crippen LogP contribution in [-0.4, -0.2) is 51.8 Å². The van der Waals surface area contributed by atoms with Crippen LogP contribution >= 0.6 is 0 Å². The van der Waals surface area contributed by atoms with Gasteiger partial charge in [0.05, 0.1) is 6.61 Å². The molecule has 0 heterocycles. The van der Waals surface area contributed by atoms with Gasteiger partial charge >= 0.3 is 0 Å². The van der Waals surface area contributed by atoms with E-state index in [-0.39, 0.29) is 0 Å². The molecule has 0 aromatic rings. The summed E-state index contributed by atoms with van der Waals surface area (Å²) in [6.07, 6.45) is 3.80. The van der Waals surface area contributed by atoms with Crippen molar-refractivity contribution in [3.8, 4) is 0 Å². The number of rotatable bonds is 10. The lowest BCUT2D eigenvalue weighted by molar-refractivity contribution is 0.199. The first-order chi connectivity index (χ1) is 6.81. The molecule has 0 bridgehead atoms. The molecule has 1 N–H and O–H groups in total. The van der Waals surface area contributed by atoms with Crippen molar-refractivity contribution in [3.05, 3.63) is 0 Å². The van der Waals surface area contributed by atoms with E-state index < -0.39 is 0 Å². The normalized spacial score (nSPS) is 11.1. The third-order valence-corrected chi connectivity index (χ3v) is 2.23. The minimum absolute atomic E-state index is 0.815. The first kappa shape index (κ1) is 13.9. The van der Waals surface area contributed by atoms with Crippen molar-refractivity contribution in [3.63, 3.8) is 0 Å². The van der Waals surface area contributed by atoms with E-state index in [1.165, 1.54) is 32.4 Å². The molecule has 0 rings (SSSR count). The first-order valence-electron chi connectivity index (χ1n) is 5.69. The summed E-state index contributed by atoms with van der Waals surface area (Å²) in [5, 5.41) is 3.35. The molecule has 86 valence electrons. The molecule has 0 radical (unpaired) electrons. The van der Waals surface area contributed by atoms with Crippen LogP contribution < -0.4 is 5.32 Å². The first-order valence-corrected chi connectivity index (χ1v) is 5.69. The van der Waals surface area contributed by atoms with E-state index in [4.69, 9.17) is 4.74 Å². The van der Waals surface area contributed by atoms with E-state index in [9.17, 15) is 0 Å². The van der Waals surface area contributed by atoms with Gasteiger partial charge in [-0.2, -0.15) is 0 Å². The Kier molecular flexibility index (Phi) is 10.9. The molecule has 0 aromatic carbocycles. The third kappa shape index (κ3) is 9.96. The van der Waals surface area contributed by atoms with Crippen molar-refractivity contribution >= 4 is 0 Å².